The minimum atomic E-state index is -0.771. The number of amides is 1. The number of carbonyl (C=O) groups excluding carboxylic acids is 2. The topological polar surface area (TPSA) is 64.6 Å². The fourth-order valence-electron chi connectivity index (χ4n) is 1.93. The number of carbonyl (C=O) groups is 2. The SMILES string of the molecule is CCc1ccc(CC(NC(=O)OC(C)(C)C)C(=O)OC)cc1. The number of hydrogen-bond donors (Lipinski definition) is 1. The predicted molar refractivity (Wildman–Crippen MR) is 84.7 cm³/mol. The van der Waals surface area contributed by atoms with E-state index >= 15 is 0 Å². The van der Waals surface area contributed by atoms with Crippen molar-refractivity contribution in [2.75, 3.05) is 7.11 Å². The van der Waals surface area contributed by atoms with Crippen LogP contribution in [0.1, 0.15) is 38.8 Å². The molecule has 1 amide bonds. The Morgan fingerprint density at radius 3 is 2.14 bits per heavy atom. The Hall–Kier alpha value is -2.04. The van der Waals surface area contributed by atoms with E-state index in [9.17, 15) is 9.59 Å². The molecule has 1 atom stereocenters. The normalized spacial score (nSPS) is 12.4. The van der Waals surface area contributed by atoms with Crippen LogP contribution in [0, 0.1) is 0 Å². The van der Waals surface area contributed by atoms with E-state index in [2.05, 4.69) is 12.2 Å². The van der Waals surface area contributed by atoms with Crippen LogP contribution in [-0.4, -0.2) is 30.8 Å². The highest BCUT2D eigenvalue weighted by Gasteiger charge is 2.25. The average Bonchev–Trinajstić information content (AvgIpc) is 2.44. The summed E-state index contributed by atoms with van der Waals surface area (Å²) in [6, 6.07) is 7.15. The first-order valence-electron chi connectivity index (χ1n) is 7.40. The van der Waals surface area contributed by atoms with E-state index < -0.39 is 23.7 Å². The maximum Gasteiger partial charge on any atom is 0.408 e. The van der Waals surface area contributed by atoms with Gasteiger partial charge >= 0.3 is 12.1 Å². The molecule has 1 aromatic carbocycles. The molecule has 0 aliphatic heterocycles. The third kappa shape index (κ3) is 6.16. The van der Waals surface area contributed by atoms with Crippen molar-refractivity contribution < 1.29 is 19.1 Å². The van der Waals surface area contributed by atoms with Crippen LogP contribution in [0.15, 0.2) is 24.3 Å². The van der Waals surface area contributed by atoms with Gasteiger partial charge in [-0.1, -0.05) is 31.2 Å². The largest absolute Gasteiger partial charge is 0.467 e. The van der Waals surface area contributed by atoms with Crippen molar-refractivity contribution in [2.24, 2.45) is 0 Å². The van der Waals surface area contributed by atoms with Crippen LogP contribution in [0.5, 0.6) is 0 Å². The summed E-state index contributed by atoms with van der Waals surface area (Å²) >= 11 is 0. The Morgan fingerprint density at radius 1 is 1.14 bits per heavy atom. The fraction of sp³-hybridized carbons (Fsp3) is 0.529. The highest BCUT2D eigenvalue weighted by molar-refractivity contribution is 5.81. The first kappa shape index (κ1) is 18.0. The zero-order valence-electron chi connectivity index (χ0n) is 13.9. The predicted octanol–water partition coefficient (Wildman–Crippen LogP) is 2.86. The molecule has 0 saturated carbocycles. The summed E-state index contributed by atoms with van der Waals surface area (Å²) in [6.45, 7) is 7.38. The molecule has 1 aromatic rings. The van der Waals surface area contributed by atoms with Gasteiger partial charge in [0.25, 0.3) is 0 Å². The molecule has 5 nitrogen and oxygen atoms in total. The number of methoxy groups -OCH3 is 1. The maximum absolute atomic E-state index is 11.8. The summed E-state index contributed by atoms with van der Waals surface area (Å²) in [5.41, 5.74) is 1.55. The lowest BCUT2D eigenvalue weighted by molar-refractivity contribution is -0.143. The number of ether oxygens (including phenoxy) is 2. The van der Waals surface area contributed by atoms with E-state index in [1.165, 1.54) is 12.7 Å². The molecule has 0 aromatic heterocycles. The quantitative estimate of drug-likeness (QED) is 0.850. The van der Waals surface area contributed by atoms with Gasteiger partial charge in [0.15, 0.2) is 0 Å². The van der Waals surface area contributed by atoms with Gasteiger partial charge in [0.05, 0.1) is 7.11 Å². The molecule has 0 saturated heterocycles. The summed E-state index contributed by atoms with van der Waals surface area (Å²) in [4.78, 5) is 23.7. The number of rotatable bonds is 5. The van der Waals surface area contributed by atoms with Gasteiger partial charge in [-0.05, 0) is 38.3 Å². The number of aryl methyl sites for hydroxylation is 1. The van der Waals surface area contributed by atoms with Crippen molar-refractivity contribution in [3.8, 4) is 0 Å². The zero-order chi connectivity index (χ0) is 16.8. The monoisotopic (exact) mass is 307 g/mol. The van der Waals surface area contributed by atoms with Crippen molar-refractivity contribution >= 4 is 12.1 Å². The molecule has 1 N–H and O–H groups in total. The van der Waals surface area contributed by atoms with Gasteiger partial charge in [0.2, 0.25) is 0 Å². The van der Waals surface area contributed by atoms with Gasteiger partial charge in [-0.15, -0.1) is 0 Å². The van der Waals surface area contributed by atoms with Crippen LogP contribution in [0.4, 0.5) is 4.79 Å². The van der Waals surface area contributed by atoms with Gasteiger partial charge < -0.3 is 14.8 Å². The Bertz CT molecular complexity index is 502. The van der Waals surface area contributed by atoms with E-state index in [1.807, 2.05) is 24.3 Å². The molecule has 1 rings (SSSR count). The number of esters is 1. The Morgan fingerprint density at radius 2 is 1.68 bits per heavy atom. The molecule has 0 radical (unpaired) electrons. The molecule has 0 fully saturated rings. The van der Waals surface area contributed by atoms with E-state index in [0.717, 1.165) is 12.0 Å². The first-order valence-corrected chi connectivity index (χ1v) is 7.40. The highest BCUT2D eigenvalue weighted by atomic mass is 16.6. The summed E-state index contributed by atoms with van der Waals surface area (Å²) in [5.74, 6) is -0.495. The molecule has 122 valence electrons. The molecule has 0 spiro atoms. The van der Waals surface area contributed by atoms with Gasteiger partial charge in [0, 0.05) is 6.42 Å². The van der Waals surface area contributed by atoms with Crippen LogP contribution in [-0.2, 0) is 27.1 Å². The number of alkyl carbamates (subject to hydrolysis) is 1. The van der Waals surface area contributed by atoms with Crippen molar-refractivity contribution in [2.45, 2.75) is 52.2 Å². The second-order valence-electron chi connectivity index (χ2n) is 6.10. The van der Waals surface area contributed by atoms with Crippen molar-refractivity contribution in [1.82, 2.24) is 5.32 Å². The minimum absolute atomic E-state index is 0.357. The second-order valence-corrected chi connectivity index (χ2v) is 6.10. The Kier molecular flexibility index (Phi) is 6.40. The molecule has 5 heteroatoms. The van der Waals surface area contributed by atoms with Crippen LogP contribution >= 0.6 is 0 Å². The van der Waals surface area contributed by atoms with Crippen molar-refractivity contribution in [3.63, 3.8) is 0 Å². The third-order valence-electron chi connectivity index (χ3n) is 3.05. The molecular formula is C17H25NO4. The molecule has 0 bridgehead atoms. The van der Waals surface area contributed by atoms with E-state index in [0.29, 0.717) is 6.42 Å². The lowest BCUT2D eigenvalue weighted by Crippen LogP contribution is -2.45. The summed E-state index contributed by atoms with van der Waals surface area (Å²) < 4.78 is 9.93. The van der Waals surface area contributed by atoms with E-state index in [-0.39, 0.29) is 0 Å². The smallest absolute Gasteiger partial charge is 0.408 e. The van der Waals surface area contributed by atoms with Gasteiger partial charge in [-0.2, -0.15) is 0 Å². The molecule has 0 heterocycles. The lowest BCUT2D eigenvalue weighted by Gasteiger charge is -2.22. The van der Waals surface area contributed by atoms with E-state index in [1.54, 1.807) is 20.8 Å². The van der Waals surface area contributed by atoms with E-state index in [4.69, 9.17) is 9.47 Å². The maximum atomic E-state index is 11.8. The number of benzene rings is 1. The van der Waals surface area contributed by atoms with Crippen molar-refractivity contribution in [3.05, 3.63) is 35.4 Å². The van der Waals surface area contributed by atoms with Crippen molar-refractivity contribution in [1.29, 1.82) is 0 Å². The Labute approximate surface area is 132 Å². The highest BCUT2D eigenvalue weighted by Crippen LogP contribution is 2.10. The lowest BCUT2D eigenvalue weighted by atomic mass is 10.0. The fourth-order valence-corrected chi connectivity index (χ4v) is 1.93. The van der Waals surface area contributed by atoms with Crippen LogP contribution in [0.25, 0.3) is 0 Å². The van der Waals surface area contributed by atoms with Gasteiger partial charge in [-0.3, -0.25) is 0 Å². The van der Waals surface area contributed by atoms with Gasteiger partial charge in [-0.25, -0.2) is 9.59 Å². The van der Waals surface area contributed by atoms with Gasteiger partial charge in [0.1, 0.15) is 11.6 Å². The number of nitrogens with one attached hydrogen (secondary N) is 1. The second kappa shape index (κ2) is 7.82. The molecule has 0 aliphatic carbocycles. The van der Waals surface area contributed by atoms with Crippen LogP contribution < -0.4 is 5.32 Å². The standard InChI is InChI=1S/C17H25NO4/c1-6-12-7-9-13(10-8-12)11-14(15(19)21-5)18-16(20)22-17(2,3)4/h7-10,14H,6,11H2,1-5H3,(H,18,20). The Balaban J connectivity index is 2.75. The molecular weight excluding hydrogens is 282 g/mol. The molecule has 0 aliphatic rings. The van der Waals surface area contributed by atoms with Crippen LogP contribution in [0.2, 0.25) is 0 Å². The average molecular weight is 307 g/mol. The zero-order valence-corrected chi connectivity index (χ0v) is 13.9. The summed E-state index contributed by atoms with van der Waals surface area (Å²) in [5, 5.41) is 2.57. The minimum Gasteiger partial charge on any atom is -0.467 e. The number of hydrogen-bond acceptors (Lipinski definition) is 4. The van der Waals surface area contributed by atoms with Crippen LogP contribution in [0.3, 0.4) is 0 Å². The summed E-state index contributed by atoms with van der Waals surface area (Å²) in [7, 11) is 1.30. The molecule has 22 heavy (non-hydrogen) atoms. The third-order valence-corrected chi connectivity index (χ3v) is 3.05. The molecule has 1 unspecified atom stereocenters. The summed E-state index contributed by atoms with van der Waals surface area (Å²) in [6.07, 6.45) is 0.681. The first-order chi connectivity index (χ1) is 10.2.